The van der Waals surface area contributed by atoms with Crippen LogP contribution in [0.4, 0.5) is 0 Å². The summed E-state index contributed by atoms with van der Waals surface area (Å²) in [4.78, 5) is 12.2. The van der Waals surface area contributed by atoms with Crippen LogP contribution >= 0.6 is 11.8 Å². The van der Waals surface area contributed by atoms with Crippen LogP contribution in [-0.2, 0) is 0 Å². The topological polar surface area (TPSA) is 49.3 Å². The van der Waals surface area contributed by atoms with E-state index in [0.717, 1.165) is 12.2 Å². The van der Waals surface area contributed by atoms with Gasteiger partial charge in [-0.05, 0) is 24.8 Å². The third-order valence-corrected chi connectivity index (χ3v) is 3.41. The number of thioether (sulfide) groups is 1. The van der Waals surface area contributed by atoms with E-state index in [1.807, 2.05) is 18.4 Å². The normalized spacial score (nSPS) is 11.3. The molecule has 3 nitrogen and oxygen atoms in total. The van der Waals surface area contributed by atoms with E-state index >= 15 is 0 Å². The van der Waals surface area contributed by atoms with Crippen LogP contribution in [0.15, 0.2) is 24.3 Å². The van der Waals surface area contributed by atoms with Crippen molar-refractivity contribution in [2.75, 3.05) is 18.6 Å². The third-order valence-electron chi connectivity index (χ3n) is 2.67. The zero-order valence-corrected chi connectivity index (χ0v) is 12.1. The molecule has 102 valence electrons. The van der Waals surface area contributed by atoms with Gasteiger partial charge in [-0.3, -0.25) is 4.79 Å². The Morgan fingerprint density at radius 3 is 2.84 bits per heavy atom. The van der Waals surface area contributed by atoms with E-state index in [9.17, 15) is 4.79 Å². The molecular formula is C15H19NO2S. The smallest absolute Gasteiger partial charge is 0.252 e. The summed E-state index contributed by atoms with van der Waals surface area (Å²) in [5.74, 6) is 6.16. The minimum absolute atomic E-state index is 0.108. The molecule has 2 N–H and O–H groups in total. The quantitative estimate of drug-likeness (QED) is 0.808. The maximum Gasteiger partial charge on any atom is 0.252 e. The largest absolute Gasteiger partial charge is 0.384 e. The second kappa shape index (κ2) is 8.63. The van der Waals surface area contributed by atoms with Gasteiger partial charge in [-0.15, -0.1) is 0 Å². The van der Waals surface area contributed by atoms with E-state index in [1.54, 1.807) is 23.9 Å². The Bertz CT molecular complexity index is 477. The van der Waals surface area contributed by atoms with Crippen LogP contribution in [0.3, 0.4) is 0 Å². The molecule has 0 bridgehead atoms. The van der Waals surface area contributed by atoms with Gasteiger partial charge in [0.25, 0.3) is 5.91 Å². The first-order chi connectivity index (χ1) is 9.22. The van der Waals surface area contributed by atoms with Crippen molar-refractivity contribution < 1.29 is 9.90 Å². The molecule has 0 saturated carbocycles. The predicted octanol–water partition coefficient (Wildman–Crippen LogP) is 1.90. The van der Waals surface area contributed by atoms with Gasteiger partial charge in [-0.1, -0.05) is 30.9 Å². The highest BCUT2D eigenvalue weighted by Crippen LogP contribution is 2.09. The van der Waals surface area contributed by atoms with E-state index in [-0.39, 0.29) is 18.6 Å². The highest BCUT2D eigenvalue weighted by molar-refractivity contribution is 7.98. The number of rotatable bonds is 5. The Labute approximate surface area is 118 Å². The summed E-state index contributed by atoms with van der Waals surface area (Å²) in [7, 11) is 0. The molecule has 0 aliphatic heterocycles. The Balaban J connectivity index is 2.87. The van der Waals surface area contributed by atoms with Gasteiger partial charge in [0.05, 0.1) is 5.56 Å². The van der Waals surface area contributed by atoms with Gasteiger partial charge in [-0.25, -0.2) is 0 Å². The first-order valence-electron chi connectivity index (χ1n) is 6.21. The van der Waals surface area contributed by atoms with E-state index in [0.29, 0.717) is 11.1 Å². The zero-order valence-electron chi connectivity index (χ0n) is 11.3. The molecule has 0 aromatic heterocycles. The molecule has 0 aliphatic rings. The van der Waals surface area contributed by atoms with E-state index in [1.165, 1.54) is 0 Å². The van der Waals surface area contributed by atoms with Crippen LogP contribution in [0.2, 0.25) is 0 Å². The van der Waals surface area contributed by atoms with Crippen molar-refractivity contribution >= 4 is 17.7 Å². The molecule has 1 unspecified atom stereocenters. The number of hydrogen-bond donors (Lipinski definition) is 2. The van der Waals surface area contributed by atoms with Gasteiger partial charge < -0.3 is 10.4 Å². The van der Waals surface area contributed by atoms with Crippen LogP contribution in [0.1, 0.15) is 29.3 Å². The lowest BCUT2D eigenvalue weighted by Crippen LogP contribution is -2.36. The Kier molecular flexibility index (Phi) is 7.09. The van der Waals surface area contributed by atoms with Crippen molar-refractivity contribution in [3.8, 4) is 11.8 Å². The monoisotopic (exact) mass is 277 g/mol. The lowest BCUT2D eigenvalue weighted by Gasteiger charge is -2.16. The molecule has 1 aromatic rings. The molecular weight excluding hydrogens is 258 g/mol. The Morgan fingerprint density at radius 1 is 1.47 bits per heavy atom. The summed E-state index contributed by atoms with van der Waals surface area (Å²) in [6, 6.07) is 7.35. The molecule has 1 atom stereocenters. The number of nitrogens with one attached hydrogen (secondary N) is 1. The Hall–Kier alpha value is -1.44. The number of hydrogen-bond acceptors (Lipinski definition) is 3. The number of amides is 1. The van der Waals surface area contributed by atoms with Crippen LogP contribution in [-0.4, -0.2) is 35.7 Å². The number of aliphatic hydroxyl groups is 1. The van der Waals surface area contributed by atoms with Crippen molar-refractivity contribution in [3.63, 3.8) is 0 Å². The first-order valence-corrected chi connectivity index (χ1v) is 7.60. The second-order valence-electron chi connectivity index (χ2n) is 4.04. The van der Waals surface area contributed by atoms with Gasteiger partial charge in [0.15, 0.2) is 0 Å². The fraction of sp³-hybridized carbons (Fsp3) is 0.400. The summed E-state index contributed by atoms with van der Waals surface area (Å²) in [5.41, 5.74) is 1.20. The molecule has 0 saturated heterocycles. The van der Waals surface area contributed by atoms with Crippen molar-refractivity contribution in [1.29, 1.82) is 0 Å². The summed E-state index contributed by atoms with van der Waals surface area (Å²) in [5, 5.41) is 11.7. The summed E-state index contributed by atoms with van der Waals surface area (Å²) < 4.78 is 0. The summed E-state index contributed by atoms with van der Waals surface area (Å²) >= 11 is 1.71. The predicted molar refractivity (Wildman–Crippen MR) is 80.3 cm³/mol. The number of benzene rings is 1. The number of carbonyl (C=O) groups is 1. The van der Waals surface area contributed by atoms with E-state index < -0.39 is 0 Å². The lowest BCUT2D eigenvalue weighted by atomic mass is 10.1. The van der Waals surface area contributed by atoms with Crippen LogP contribution in [0.25, 0.3) is 0 Å². The molecule has 1 amide bonds. The highest BCUT2D eigenvalue weighted by Gasteiger charge is 2.13. The molecule has 0 aliphatic carbocycles. The average Bonchev–Trinajstić information content (AvgIpc) is 2.44. The molecule has 1 rings (SSSR count). The second-order valence-corrected chi connectivity index (χ2v) is 4.95. The minimum Gasteiger partial charge on any atom is -0.384 e. The molecule has 19 heavy (non-hydrogen) atoms. The molecule has 0 radical (unpaired) electrons. The minimum atomic E-state index is -0.208. The van der Waals surface area contributed by atoms with E-state index in [2.05, 4.69) is 24.1 Å². The molecule has 1 aromatic carbocycles. The van der Waals surface area contributed by atoms with Gasteiger partial charge in [0.1, 0.15) is 6.61 Å². The molecule has 0 heterocycles. The molecule has 0 fully saturated rings. The number of aliphatic hydroxyl groups excluding tert-OH is 1. The summed E-state index contributed by atoms with van der Waals surface area (Å²) in [6.07, 6.45) is 2.92. The molecule has 4 heteroatoms. The van der Waals surface area contributed by atoms with Gasteiger partial charge >= 0.3 is 0 Å². The van der Waals surface area contributed by atoms with Crippen LogP contribution < -0.4 is 5.32 Å². The van der Waals surface area contributed by atoms with Gasteiger partial charge in [0.2, 0.25) is 0 Å². The van der Waals surface area contributed by atoms with E-state index in [4.69, 9.17) is 5.11 Å². The zero-order chi connectivity index (χ0) is 14.1. The lowest BCUT2D eigenvalue weighted by molar-refractivity contribution is 0.0940. The maximum absolute atomic E-state index is 12.2. The highest BCUT2D eigenvalue weighted by atomic mass is 32.2. The number of carbonyl (C=O) groups excluding carboxylic acids is 1. The van der Waals surface area contributed by atoms with Gasteiger partial charge in [-0.2, -0.15) is 11.8 Å². The Morgan fingerprint density at radius 2 is 2.21 bits per heavy atom. The van der Waals surface area contributed by atoms with Crippen molar-refractivity contribution in [3.05, 3.63) is 35.4 Å². The van der Waals surface area contributed by atoms with Crippen LogP contribution in [0.5, 0.6) is 0 Å². The fourth-order valence-electron chi connectivity index (χ4n) is 1.65. The van der Waals surface area contributed by atoms with Crippen molar-refractivity contribution in [1.82, 2.24) is 5.32 Å². The fourth-order valence-corrected chi connectivity index (χ4v) is 2.37. The summed E-state index contributed by atoms with van der Waals surface area (Å²) in [6.45, 7) is 1.85. The standard InChI is InChI=1S/C15H19NO2S/c1-3-13(11-19-2)16-15(18)14-9-5-4-7-12(14)8-6-10-17/h4-5,7,9,13,17H,3,10-11H2,1-2H3,(H,16,18). The molecule has 0 spiro atoms. The van der Waals surface area contributed by atoms with Crippen LogP contribution in [0, 0.1) is 11.8 Å². The average molecular weight is 277 g/mol. The third kappa shape index (κ3) is 4.98. The maximum atomic E-state index is 12.2. The SMILES string of the molecule is CCC(CSC)NC(=O)c1ccccc1C#CCO. The van der Waals surface area contributed by atoms with Crippen molar-refractivity contribution in [2.24, 2.45) is 0 Å². The van der Waals surface area contributed by atoms with Gasteiger partial charge in [0, 0.05) is 17.4 Å². The van der Waals surface area contributed by atoms with Crippen molar-refractivity contribution in [2.45, 2.75) is 19.4 Å². The first kappa shape index (κ1) is 15.6.